The van der Waals surface area contributed by atoms with Gasteiger partial charge in [0, 0.05) is 30.7 Å². The van der Waals surface area contributed by atoms with Crippen LogP contribution in [0.15, 0.2) is 12.1 Å². The van der Waals surface area contributed by atoms with Crippen LogP contribution in [0.5, 0.6) is 17.2 Å². The van der Waals surface area contributed by atoms with E-state index >= 15 is 0 Å². The lowest BCUT2D eigenvalue weighted by molar-refractivity contribution is 0.292. The molecule has 0 aromatic heterocycles. The monoisotopic (exact) mass is 198 g/mol. The molecule has 14 heavy (non-hydrogen) atoms. The maximum Gasteiger partial charge on any atom is 0.129 e. The van der Waals surface area contributed by atoms with Gasteiger partial charge in [-0.3, -0.25) is 0 Å². The average Bonchev–Trinajstić information content (AvgIpc) is 2.20. The van der Waals surface area contributed by atoms with E-state index in [1.54, 1.807) is 0 Å². The topological polar surface area (TPSA) is 58.9 Å². The fraction of sp³-hybridized carbons (Fsp3) is 0.400. The molecule has 2 N–H and O–H groups in total. The molecule has 4 nitrogen and oxygen atoms in total. The van der Waals surface area contributed by atoms with Gasteiger partial charge in [-0.1, -0.05) is 0 Å². The lowest BCUT2D eigenvalue weighted by Gasteiger charge is -2.12. The van der Waals surface area contributed by atoms with Crippen molar-refractivity contribution >= 4 is 0 Å². The molecule has 0 saturated carbocycles. The van der Waals surface area contributed by atoms with Crippen molar-refractivity contribution in [1.82, 2.24) is 0 Å². The molecule has 78 valence electrons. The van der Waals surface area contributed by atoms with Crippen LogP contribution in [0.25, 0.3) is 0 Å². The van der Waals surface area contributed by atoms with Crippen LogP contribution in [0.4, 0.5) is 0 Å². The van der Waals surface area contributed by atoms with Crippen LogP contribution in [-0.4, -0.2) is 31.0 Å². The Kier molecular flexibility index (Phi) is 3.59. The van der Waals surface area contributed by atoms with Gasteiger partial charge in [-0.05, 0) is 0 Å². The molecular formula is C10H14O4. The first-order valence-electron chi connectivity index (χ1n) is 4.27. The first kappa shape index (κ1) is 10.7. The van der Waals surface area contributed by atoms with Crippen molar-refractivity contribution in [2.24, 2.45) is 0 Å². The quantitative estimate of drug-likeness (QED) is 0.756. The SMILES string of the molecule is COc1cc(O)cc(OC)c1CCO. The van der Waals surface area contributed by atoms with Crippen molar-refractivity contribution in [3.8, 4) is 17.2 Å². The van der Waals surface area contributed by atoms with E-state index in [9.17, 15) is 5.11 Å². The smallest absolute Gasteiger partial charge is 0.129 e. The Morgan fingerprint density at radius 1 is 1.14 bits per heavy atom. The fourth-order valence-corrected chi connectivity index (χ4v) is 1.33. The van der Waals surface area contributed by atoms with Gasteiger partial charge in [0.05, 0.1) is 14.2 Å². The highest BCUT2D eigenvalue weighted by Gasteiger charge is 2.11. The lowest BCUT2D eigenvalue weighted by atomic mass is 10.1. The Morgan fingerprint density at radius 2 is 1.64 bits per heavy atom. The van der Waals surface area contributed by atoms with E-state index in [1.165, 1.54) is 26.4 Å². The second kappa shape index (κ2) is 4.72. The predicted octanol–water partition coefficient (Wildman–Crippen LogP) is 0.944. The number of phenols is 1. The van der Waals surface area contributed by atoms with Crippen molar-refractivity contribution in [2.45, 2.75) is 6.42 Å². The number of hydrogen-bond donors (Lipinski definition) is 2. The maximum absolute atomic E-state index is 9.33. The van der Waals surface area contributed by atoms with Crippen LogP contribution in [0.1, 0.15) is 5.56 Å². The van der Waals surface area contributed by atoms with E-state index in [0.717, 1.165) is 5.56 Å². The highest BCUT2D eigenvalue weighted by molar-refractivity contribution is 5.50. The Hall–Kier alpha value is -1.42. The molecule has 0 aliphatic heterocycles. The molecule has 4 heteroatoms. The highest BCUT2D eigenvalue weighted by atomic mass is 16.5. The van der Waals surface area contributed by atoms with Crippen molar-refractivity contribution < 1.29 is 19.7 Å². The lowest BCUT2D eigenvalue weighted by Crippen LogP contribution is -1.99. The molecular weight excluding hydrogens is 184 g/mol. The molecule has 0 saturated heterocycles. The number of benzene rings is 1. The maximum atomic E-state index is 9.33. The standard InChI is InChI=1S/C10H14O4/c1-13-9-5-7(12)6-10(14-2)8(9)3-4-11/h5-6,11-12H,3-4H2,1-2H3. The van der Waals surface area contributed by atoms with Gasteiger partial charge >= 0.3 is 0 Å². The summed E-state index contributed by atoms with van der Waals surface area (Å²) in [6.07, 6.45) is 0.437. The van der Waals surface area contributed by atoms with E-state index < -0.39 is 0 Å². The fourth-order valence-electron chi connectivity index (χ4n) is 1.33. The molecule has 0 spiro atoms. The minimum atomic E-state index is 0.0114. The third-order valence-corrected chi connectivity index (χ3v) is 1.95. The number of hydrogen-bond acceptors (Lipinski definition) is 4. The molecule has 0 amide bonds. The second-order valence-corrected chi connectivity index (χ2v) is 2.80. The molecule has 0 radical (unpaired) electrons. The summed E-state index contributed by atoms with van der Waals surface area (Å²) in [5, 5.41) is 18.2. The summed E-state index contributed by atoms with van der Waals surface area (Å²) in [5.41, 5.74) is 0.760. The number of aromatic hydroxyl groups is 1. The van der Waals surface area contributed by atoms with Gasteiger partial charge in [0.15, 0.2) is 0 Å². The number of phenolic OH excluding ortho intramolecular Hbond substituents is 1. The summed E-state index contributed by atoms with van der Waals surface area (Å²) in [6.45, 7) is 0.0114. The molecule has 0 unspecified atom stereocenters. The molecule has 0 bridgehead atoms. The minimum absolute atomic E-state index is 0.0114. The van der Waals surface area contributed by atoms with Crippen molar-refractivity contribution in [1.29, 1.82) is 0 Å². The number of ether oxygens (including phenoxy) is 2. The van der Waals surface area contributed by atoms with Crippen molar-refractivity contribution in [3.05, 3.63) is 17.7 Å². The van der Waals surface area contributed by atoms with Gasteiger partial charge in [-0.2, -0.15) is 0 Å². The summed E-state index contributed by atoms with van der Waals surface area (Å²) in [7, 11) is 3.02. The largest absolute Gasteiger partial charge is 0.508 e. The van der Waals surface area contributed by atoms with Gasteiger partial charge in [0.2, 0.25) is 0 Å². The van der Waals surface area contributed by atoms with Crippen molar-refractivity contribution in [2.75, 3.05) is 20.8 Å². The number of rotatable bonds is 4. The molecule has 1 aromatic carbocycles. The van der Waals surface area contributed by atoms with Crippen LogP contribution in [-0.2, 0) is 6.42 Å². The summed E-state index contributed by atoms with van der Waals surface area (Å²) in [5.74, 6) is 1.13. The number of aliphatic hydroxyl groups is 1. The van der Waals surface area contributed by atoms with Gasteiger partial charge in [-0.25, -0.2) is 0 Å². The zero-order chi connectivity index (χ0) is 10.6. The zero-order valence-electron chi connectivity index (χ0n) is 8.28. The van der Waals surface area contributed by atoms with E-state index in [1.807, 2.05) is 0 Å². The molecule has 0 atom stereocenters. The van der Waals surface area contributed by atoms with Gasteiger partial charge in [-0.15, -0.1) is 0 Å². The van der Waals surface area contributed by atoms with E-state index in [2.05, 4.69) is 0 Å². The summed E-state index contributed by atoms with van der Waals surface area (Å²) < 4.78 is 10.1. The Bertz CT molecular complexity index is 284. The predicted molar refractivity (Wildman–Crippen MR) is 52.0 cm³/mol. The van der Waals surface area contributed by atoms with E-state index in [-0.39, 0.29) is 12.4 Å². The first-order chi connectivity index (χ1) is 6.72. The summed E-state index contributed by atoms with van der Waals surface area (Å²) >= 11 is 0. The Labute approximate surface area is 82.7 Å². The Morgan fingerprint density at radius 3 is 2.00 bits per heavy atom. The summed E-state index contributed by atoms with van der Waals surface area (Å²) in [4.78, 5) is 0. The van der Waals surface area contributed by atoms with Crippen LogP contribution >= 0.6 is 0 Å². The van der Waals surface area contributed by atoms with Crippen LogP contribution in [0.2, 0.25) is 0 Å². The van der Waals surface area contributed by atoms with Gasteiger partial charge < -0.3 is 19.7 Å². The summed E-state index contributed by atoms with van der Waals surface area (Å²) in [6, 6.07) is 2.99. The molecule has 1 aromatic rings. The minimum Gasteiger partial charge on any atom is -0.508 e. The van der Waals surface area contributed by atoms with Crippen LogP contribution in [0.3, 0.4) is 0 Å². The highest BCUT2D eigenvalue weighted by Crippen LogP contribution is 2.33. The number of methoxy groups -OCH3 is 2. The van der Waals surface area contributed by atoms with Gasteiger partial charge in [0.25, 0.3) is 0 Å². The van der Waals surface area contributed by atoms with Crippen molar-refractivity contribution in [3.63, 3.8) is 0 Å². The van der Waals surface area contributed by atoms with Crippen LogP contribution < -0.4 is 9.47 Å². The molecule has 0 aliphatic rings. The second-order valence-electron chi connectivity index (χ2n) is 2.80. The van der Waals surface area contributed by atoms with E-state index in [0.29, 0.717) is 17.9 Å². The third kappa shape index (κ3) is 2.09. The normalized spacial score (nSPS) is 9.93. The van der Waals surface area contributed by atoms with Gasteiger partial charge in [0.1, 0.15) is 17.2 Å². The average molecular weight is 198 g/mol. The van der Waals surface area contributed by atoms with E-state index in [4.69, 9.17) is 14.6 Å². The molecule has 1 rings (SSSR count). The van der Waals surface area contributed by atoms with Crippen LogP contribution in [0, 0.1) is 0 Å². The molecule has 0 fully saturated rings. The third-order valence-electron chi connectivity index (χ3n) is 1.95. The first-order valence-corrected chi connectivity index (χ1v) is 4.27. The zero-order valence-corrected chi connectivity index (χ0v) is 8.28. The number of aliphatic hydroxyl groups excluding tert-OH is 1. The molecule has 0 aliphatic carbocycles. The Balaban J connectivity index is 3.18. The molecule has 0 heterocycles.